The third-order valence-electron chi connectivity index (χ3n) is 2.99. The lowest BCUT2D eigenvalue weighted by Crippen LogP contribution is -2.26. The van der Waals surface area contributed by atoms with Crippen molar-refractivity contribution >= 4 is 5.91 Å². The van der Waals surface area contributed by atoms with Crippen LogP contribution in [0.2, 0.25) is 0 Å². The zero-order valence-corrected chi connectivity index (χ0v) is 11.6. The topological polar surface area (TPSA) is 67.0 Å². The molecule has 0 saturated heterocycles. The van der Waals surface area contributed by atoms with Crippen LogP contribution in [0.1, 0.15) is 17.8 Å². The first-order valence-electron chi connectivity index (χ1n) is 6.66. The maximum absolute atomic E-state index is 11.8. The molecule has 0 spiro atoms. The Morgan fingerprint density at radius 1 is 1.35 bits per heavy atom. The lowest BCUT2D eigenvalue weighted by molar-refractivity contribution is -0.120. The molecule has 5 nitrogen and oxygen atoms in total. The zero-order valence-electron chi connectivity index (χ0n) is 11.6. The van der Waals surface area contributed by atoms with Gasteiger partial charge in [0.05, 0.1) is 13.5 Å². The van der Waals surface area contributed by atoms with E-state index in [0.29, 0.717) is 13.0 Å². The number of nitrogens with one attached hydrogen (secondary N) is 2. The number of hydrogen-bond acceptors (Lipinski definition) is 3. The van der Waals surface area contributed by atoms with Crippen molar-refractivity contribution < 1.29 is 9.53 Å². The van der Waals surface area contributed by atoms with E-state index in [1.807, 2.05) is 24.3 Å². The quantitative estimate of drug-likeness (QED) is 0.755. The Labute approximate surface area is 118 Å². The smallest absolute Gasteiger partial charge is 0.224 e. The van der Waals surface area contributed by atoms with Crippen molar-refractivity contribution in [3.8, 4) is 5.75 Å². The van der Waals surface area contributed by atoms with Crippen molar-refractivity contribution in [1.29, 1.82) is 0 Å². The van der Waals surface area contributed by atoms with Crippen molar-refractivity contribution in [2.75, 3.05) is 13.7 Å². The van der Waals surface area contributed by atoms with Gasteiger partial charge in [0, 0.05) is 25.4 Å². The fourth-order valence-corrected chi connectivity index (χ4v) is 1.91. The number of rotatable bonds is 7. The fourth-order valence-electron chi connectivity index (χ4n) is 1.91. The Morgan fingerprint density at radius 2 is 2.15 bits per heavy atom. The number of H-pyrrole nitrogens is 1. The van der Waals surface area contributed by atoms with Gasteiger partial charge in [0.2, 0.25) is 5.91 Å². The maximum atomic E-state index is 11.8. The zero-order chi connectivity index (χ0) is 14.2. The molecule has 0 bridgehead atoms. The van der Waals surface area contributed by atoms with E-state index in [2.05, 4.69) is 15.3 Å². The standard InChI is InChI=1S/C15H19N3O2/c1-20-13-6-4-12(5-7-13)11-15(19)18-8-2-3-14-16-9-10-17-14/h4-7,9-10H,2-3,8,11H2,1H3,(H,16,17)(H,18,19). The molecule has 0 unspecified atom stereocenters. The highest BCUT2D eigenvalue weighted by Crippen LogP contribution is 2.11. The van der Waals surface area contributed by atoms with E-state index in [-0.39, 0.29) is 5.91 Å². The van der Waals surface area contributed by atoms with Crippen LogP contribution in [0.4, 0.5) is 0 Å². The summed E-state index contributed by atoms with van der Waals surface area (Å²) in [5, 5.41) is 2.91. The monoisotopic (exact) mass is 273 g/mol. The van der Waals surface area contributed by atoms with Gasteiger partial charge in [-0.1, -0.05) is 12.1 Å². The minimum absolute atomic E-state index is 0.0367. The average molecular weight is 273 g/mol. The number of nitrogens with zero attached hydrogens (tertiary/aromatic N) is 1. The molecular formula is C15H19N3O2. The van der Waals surface area contributed by atoms with Crippen LogP contribution >= 0.6 is 0 Å². The van der Waals surface area contributed by atoms with E-state index in [4.69, 9.17) is 4.74 Å². The molecule has 0 aliphatic carbocycles. The van der Waals surface area contributed by atoms with Crippen LogP contribution in [0.3, 0.4) is 0 Å². The summed E-state index contributed by atoms with van der Waals surface area (Å²) >= 11 is 0. The molecular weight excluding hydrogens is 254 g/mol. The lowest BCUT2D eigenvalue weighted by Gasteiger charge is -2.05. The Balaban J connectivity index is 1.66. The highest BCUT2D eigenvalue weighted by Gasteiger charge is 2.03. The predicted octanol–water partition coefficient (Wildman–Crippen LogP) is 1.71. The van der Waals surface area contributed by atoms with Crippen LogP contribution in [0.15, 0.2) is 36.7 Å². The van der Waals surface area contributed by atoms with E-state index in [9.17, 15) is 4.79 Å². The van der Waals surface area contributed by atoms with E-state index in [0.717, 1.165) is 30.0 Å². The lowest BCUT2D eigenvalue weighted by atomic mass is 10.1. The second kappa shape index (κ2) is 7.33. The van der Waals surface area contributed by atoms with Gasteiger partial charge >= 0.3 is 0 Å². The summed E-state index contributed by atoms with van der Waals surface area (Å²) in [4.78, 5) is 18.9. The first-order chi connectivity index (χ1) is 9.78. The first kappa shape index (κ1) is 14.1. The molecule has 1 aromatic carbocycles. The number of carbonyl (C=O) groups excluding carboxylic acids is 1. The molecule has 0 saturated carbocycles. The van der Waals surface area contributed by atoms with Crippen LogP contribution in [-0.4, -0.2) is 29.5 Å². The van der Waals surface area contributed by atoms with Crippen LogP contribution in [0, 0.1) is 0 Å². The first-order valence-corrected chi connectivity index (χ1v) is 6.66. The number of benzene rings is 1. The van der Waals surface area contributed by atoms with E-state index in [1.54, 1.807) is 19.5 Å². The van der Waals surface area contributed by atoms with Crippen LogP contribution in [-0.2, 0) is 17.6 Å². The maximum Gasteiger partial charge on any atom is 0.224 e. The van der Waals surface area contributed by atoms with Crippen molar-refractivity contribution in [2.45, 2.75) is 19.3 Å². The minimum Gasteiger partial charge on any atom is -0.497 e. The normalized spacial score (nSPS) is 10.2. The van der Waals surface area contributed by atoms with Gasteiger partial charge in [0.1, 0.15) is 11.6 Å². The van der Waals surface area contributed by atoms with Crippen LogP contribution in [0.5, 0.6) is 5.75 Å². The molecule has 0 aliphatic heterocycles. The highest BCUT2D eigenvalue weighted by atomic mass is 16.5. The molecule has 5 heteroatoms. The molecule has 1 amide bonds. The Kier molecular flexibility index (Phi) is 5.17. The molecule has 1 aromatic heterocycles. The molecule has 20 heavy (non-hydrogen) atoms. The molecule has 106 valence electrons. The van der Waals surface area contributed by atoms with Crippen LogP contribution in [0.25, 0.3) is 0 Å². The molecule has 2 N–H and O–H groups in total. The second-order valence-electron chi connectivity index (χ2n) is 4.51. The number of imidazole rings is 1. The number of aromatic amines is 1. The van der Waals surface area contributed by atoms with E-state index in [1.165, 1.54) is 0 Å². The summed E-state index contributed by atoms with van der Waals surface area (Å²) in [5.41, 5.74) is 0.981. The summed E-state index contributed by atoms with van der Waals surface area (Å²) in [6.07, 6.45) is 5.65. The number of ether oxygens (including phenoxy) is 1. The summed E-state index contributed by atoms with van der Waals surface area (Å²) in [6, 6.07) is 7.53. The van der Waals surface area contributed by atoms with Gasteiger partial charge in [-0.2, -0.15) is 0 Å². The highest BCUT2D eigenvalue weighted by molar-refractivity contribution is 5.78. The number of methoxy groups -OCH3 is 1. The van der Waals surface area contributed by atoms with Gasteiger partial charge in [-0.3, -0.25) is 4.79 Å². The number of hydrogen-bond donors (Lipinski definition) is 2. The molecule has 0 aliphatic rings. The molecule has 0 fully saturated rings. The number of aromatic nitrogens is 2. The van der Waals surface area contributed by atoms with Crippen LogP contribution < -0.4 is 10.1 Å². The number of carbonyl (C=O) groups is 1. The van der Waals surface area contributed by atoms with Gasteiger partial charge in [-0.25, -0.2) is 4.98 Å². The van der Waals surface area contributed by atoms with Gasteiger partial charge in [-0.15, -0.1) is 0 Å². The van der Waals surface area contributed by atoms with Gasteiger partial charge in [-0.05, 0) is 24.1 Å². The Bertz CT molecular complexity index is 521. The van der Waals surface area contributed by atoms with Crippen molar-refractivity contribution in [1.82, 2.24) is 15.3 Å². The van der Waals surface area contributed by atoms with Crippen molar-refractivity contribution in [3.63, 3.8) is 0 Å². The number of amides is 1. The molecule has 2 rings (SSSR count). The summed E-state index contributed by atoms with van der Waals surface area (Å²) in [6.45, 7) is 0.662. The van der Waals surface area contributed by atoms with E-state index < -0.39 is 0 Å². The Hall–Kier alpha value is -2.30. The largest absolute Gasteiger partial charge is 0.497 e. The Morgan fingerprint density at radius 3 is 2.80 bits per heavy atom. The molecule has 0 atom stereocenters. The predicted molar refractivity (Wildman–Crippen MR) is 76.6 cm³/mol. The van der Waals surface area contributed by atoms with Gasteiger partial charge in [0.25, 0.3) is 0 Å². The van der Waals surface area contributed by atoms with Gasteiger partial charge in [0.15, 0.2) is 0 Å². The molecule has 1 heterocycles. The third-order valence-corrected chi connectivity index (χ3v) is 2.99. The summed E-state index contributed by atoms with van der Waals surface area (Å²) in [5.74, 6) is 1.79. The SMILES string of the molecule is COc1ccc(CC(=O)NCCCc2ncc[nH]2)cc1. The second-order valence-corrected chi connectivity index (χ2v) is 4.51. The van der Waals surface area contributed by atoms with Crippen molar-refractivity contribution in [2.24, 2.45) is 0 Å². The fraction of sp³-hybridized carbons (Fsp3) is 0.333. The minimum atomic E-state index is 0.0367. The molecule has 0 radical (unpaired) electrons. The van der Waals surface area contributed by atoms with Crippen molar-refractivity contribution in [3.05, 3.63) is 48.0 Å². The summed E-state index contributed by atoms with van der Waals surface area (Å²) in [7, 11) is 1.63. The average Bonchev–Trinajstić information content (AvgIpc) is 2.98. The third kappa shape index (κ3) is 4.42. The molecule has 2 aromatic rings. The summed E-state index contributed by atoms with van der Waals surface area (Å²) < 4.78 is 5.08. The van der Waals surface area contributed by atoms with Gasteiger partial charge < -0.3 is 15.0 Å². The van der Waals surface area contributed by atoms with E-state index >= 15 is 0 Å². The number of aryl methyl sites for hydroxylation is 1.